The van der Waals surface area contributed by atoms with Crippen LogP contribution in [0.25, 0.3) is 30.2 Å². The number of rotatable bonds is 2. The highest BCUT2D eigenvalue weighted by molar-refractivity contribution is 7.28. The topological polar surface area (TPSA) is 40.6 Å². The zero-order valence-corrected chi connectivity index (χ0v) is 18.1. The monoisotopic (exact) mass is 440 g/mol. The molecule has 2 amide bonds. The fraction of sp³-hybridized carbons (Fsp3) is 0.100. The van der Waals surface area contributed by atoms with Crippen molar-refractivity contribution in [3.63, 3.8) is 0 Å². The molecule has 2 aliphatic rings. The third-order valence-electron chi connectivity index (χ3n) is 5.18. The zero-order valence-electron chi connectivity index (χ0n) is 14.8. The molecule has 4 aromatic rings. The molecule has 28 heavy (non-hydrogen) atoms. The second-order valence-corrected chi connectivity index (χ2v) is 10.8. The Morgan fingerprint density at radius 3 is 1.50 bits per heavy atom. The average molecular weight is 441 g/mol. The van der Waals surface area contributed by atoms with E-state index in [2.05, 4.69) is 35.0 Å². The van der Waals surface area contributed by atoms with E-state index in [-0.39, 0.29) is 11.8 Å². The van der Waals surface area contributed by atoms with Crippen LogP contribution in [0.1, 0.15) is 9.75 Å². The van der Waals surface area contributed by atoms with Gasteiger partial charge in [-0.05, 0) is 35.0 Å². The summed E-state index contributed by atoms with van der Waals surface area (Å²) in [6.45, 7) is 0. The highest BCUT2D eigenvalue weighted by atomic mass is 32.1. The third-order valence-corrected chi connectivity index (χ3v) is 9.38. The molecular formula is C20H12N2O2S4. The van der Waals surface area contributed by atoms with Gasteiger partial charge in [0.1, 0.15) is 0 Å². The lowest BCUT2D eigenvalue weighted by Gasteiger charge is -2.18. The molecular weight excluding hydrogens is 429 g/mol. The maximum atomic E-state index is 13.2. The van der Waals surface area contributed by atoms with Gasteiger partial charge in [-0.3, -0.25) is 9.59 Å². The Morgan fingerprint density at radius 1 is 0.679 bits per heavy atom. The standard InChI is InChI=1S/C20H12N2O2S4/c1-21-17(13-7-11-9(27-13)3-5-25-11)15-16(19(21)23)18(22(2)20(15)24)14-8-12-10(28-14)4-6-26-12/h3-8H,1-2H3. The Bertz CT molecular complexity index is 1230. The number of nitrogens with zero attached hydrogens (tertiary/aromatic N) is 2. The first-order valence-corrected chi connectivity index (χ1v) is 11.9. The van der Waals surface area contributed by atoms with Gasteiger partial charge in [-0.1, -0.05) is 0 Å². The van der Waals surface area contributed by atoms with Gasteiger partial charge >= 0.3 is 0 Å². The summed E-state index contributed by atoms with van der Waals surface area (Å²) in [4.78, 5) is 31.6. The molecule has 4 aromatic heterocycles. The number of likely N-dealkylation sites (N-methyl/N-ethyl adjacent to an activating group) is 2. The SMILES string of the molecule is CN1C(=O)C2=C(c3cc4sccc4s3)N(C)C(=O)C2=C1c1cc2sccc2s1. The van der Waals surface area contributed by atoms with E-state index in [0.29, 0.717) is 11.1 Å². The summed E-state index contributed by atoms with van der Waals surface area (Å²) < 4.78 is 4.74. The molecule has 0 spiro atoms. The van der Waals surface area contributed by atoms with Crippen LogP contribution in [-0.2, 0) is 9.59 Å². The van der Waals surface area contributed by atoms with Gasteiger partial charge in [-0.15, -0.1) is 45.3 Å². The normalized spacial score (nSPS) is 17.4. The highest BCUT2D eigenvalue weighted by Crippen LogP contribution is 2.49. The van der Waals surface area contributed by atoms with Crippen LogP contribution in [0.3, 0.4) is 0 Å². The molecule has 0 bridgehead atoms. The minimum atomic E-state index is -0.105. The first-order valence-electron chi connectivity index (χ1n) is 8.54. The predicted octanol–water partition coefficient (Wildman–Crippen LogP) is 5.31. The lowest BCUT2D eigenvalue weighted by Crippen LogP contribution is -2.24. The largest absolute Gasteiger partial charge is 0.309 e. The van der Waals surface area contributed by atoms with Gasteiger partial charge in [0.05, 0.1) is 32.3 Å². The summed E-state index contributed by atoms with van der Waals surface area (Å²) in [5.41, 5.74) is 2.54. The van der Waals surface area contributed by atoms with Crippen LogP contribution in [0.5, 0.6) is 0 Å². The maximum absolute atomic E-state index is 13.2. The predicted molar refractivity (Wildman–Crippen MR) is 119 cm³/mol. The maximum Gasteiger partial charge on any atom is 0.261 e. The Kier molecular flexibility index (Phi) is 3.36. The van der Waals surface area contributed by atoms with Crippen molar-refractivity contribution < 1.29 is 9.59 Å². The van der Waals surface area contributed by atoms with Crippen molar-refractivity contribution in [3.05, 3.63) is 55.9 Å². The van der Waals surface area contributed by atoms with Crippen LogP contribution in [0.4, 0.5) is 0 Å². The van der Waals surface area contributed by atoms with Crippen LogP contribution in [0.15, 0.2) is 46.2 Å². The van der Waals surface area contributed by atoms with Crippen molar-refractivity contribution in [1.82, 2.24) is 9.80 Å². The molecule has 2 aliphatic heterocycles. The van der Waals surface area contributed by atoms with Crippen LogP contribution in [0, 0.1) is 0 Å². The molecule has 0 aromatic carbocycles. The Morgan fingerprint density at radius 2 is 1.11 bits per heavy atom. The van der Waals surface area contributed by atoms with E-state index in [9.17, 15) is 9.59 Å². The molecule has 138 valence electrons. The molecule has 0 saturated heterocycles. The van der Waals surface area contributed by atoms with Crippen LogP contribution in [-0.4, -0.2) is 35.7 Å². The number of hydrogen-bond acceptors (Lipinski definition) is 6. The third kappa shape index (κ3) is 2.03. The van der Waals surface area contributed by atoms with Gasteiger partial charge in [0.2, 0.25) is 0 Å². The fourth-order valence-electron chi connectivity index (χ4n) is 3.87. The second-order valence-electron chi connectivity index (χ2n) is 6.70. The fourth-order valence-corrected chi connectivity index (χ4v) is 8.26. The number of fused-ring (bicyclic) bond motifs is 3. The lowest BCUT2D eigenvalue weighted by molar-refractivity contribution is -0.123. The van der Waals surface area contributed by atoms with Crippen molar-refractivity contribution in [2.75, 3.05) is 14.1 Å². The van der Waals surface area contributed by atoms with E-state index < -0.39 is 0 Å². The molecule has 4 nitrogen and oxygen atoms in total. The summed E-state index contributed by atoms with van der Waals surface area (Å²) >= 11 is 6.61. The minimum Gasteiger partial charge on any atom is -0.309 e. The Labute approximate surface area is 176 Å². The number of thiophene rings is 4. The average Bonchev–Trinajstić information content (AvgIpc) is 3.44. The van der Waals surface area contributed by atoms with Crippen LogP contribution in [0.2, 0.25) is 0 Å². The number of carbonyl (C=O) groups is 2. The van der Waals surface area contributed by atoms with Crippen LogP contribution >= 0.6 is 45.3 Å². The minimum absolute atomic E-state index is 0.105. The Balaban J connectivity index is 1.62. The van der Waals surface area contributed by atoms with Gasteiger partial charge in [0.15, 0.2) is 0 Å². The molecule has 0 aliphatic carbocycles. The zero-order chi connectivity index (χ0) is 19.2. The number of carbonyl (C=O) groups excluding carboxylic acids is 2. The molecule has 0 unspecified atom stereocenters. The summed E-state index contributed by atoms with van der Waals surface area (Å²) in [6.07, 6.45) is 0. The molecule has 0 N–H and O–H groups in total. The first-order chi connectivity index (χ1) is 13.5. The van der Waals surface area contributed by atoms with E-state index in [1.165, 1.54) is 18.8 Å². The molecule has 6 heterocycles. The van der Waals surface area contributed by atoms with Gasteiger partial charge in [0, 0.05) is 32.9 Å². The molecule has 0 radical (unpaired) electrons. The lowest BCUT2D eigenvalue weighted by atomic mass is 10.1. The highest BCUT2D eigenvalue weighted by Gasteiger charge is 2.47. The smallest absolute Gasteiger partial charge is 0.261 e. The summed E-state index contributed by atoms with van der Waals surface area (Å²) in [5, 5.41) is 4.12. The molecule has 0 saturated carbocycles. The summed E-state index contributed by atoms with van der Waals surface area (Å²) in [6, 6.07) is 8.34. The van der Waals surface area contributed by atoms with Crippen molar-refractivity contribution >= 4 is 87.4 Å². The summed E-state index contributed by atoms with van der Waals surface area (Å²) in [7, 11) is 3.53. The van der Waals surface area contributed by atoms with Crippen molar-refractivity contribution in [1.29, 1.82) is 0 Å². The van der Waals surface area contributed by atoms with E-state index in [1.54, 1.807) is 69.2 Å². The molecule has 8 heteroatoms. The number of amides is 2. The van der Waals surface area contributed by atoms with Gasteiger partial charge in [-0.25, -0.2) is 0 Å². The van der Waals surface area contributed by atoms with Crippen molar-refractivity contribution in [2.24, 2.45) is 0 Å². The molecule has 6 rings (SSSR count). The Hall–Kier alpha value is -2.26. The van der Waals surface area contributed by atoms with Gasteiger partial charge < -0.3 is 9.80 Å². The van der Waals surface area contributed by atoms with Gasteiger partial charge in [-0.2, -0.15) is 0 Å². The summed E-state index contributed by atoms with van der Waals surface area (Å²) in [5.74, 6) is -0.211. The quantitative estimate of drug-likeness (QED) is 0.424. The second kappa shape index (κ2) is 5.64. The van der Waals surface area contributed by atoms with Crippen molar-refractivity contribution in [2.45, 2.75) is 0 Å². The van der Waals surface area contributed by atoms with Crippen LogP contribution < -0.4 is 0 Å². The van der Waals surface area contributed by atoms with Crippen molar-refractivity contribution in [3.8, 4) is 0 Å². The number of hydrogen-bond donors (Lipinski definition) is 0. The first kappa shape index (κ1) is 16.7. The van der Waals surface area contributed by atoms with Gasteiger partial charge in [0.25, 0.3) is 11.8 Å². The molecule has 0 fully saturated rings. The molecule has 0 atom stereocenters. The van der Waals surface area contributed by atoms with E-state index in [1.807, 2.05) is 0 Å². The van der Waals surface area contributed by atoms with E-state index in [0.717, 1.165) is 21.1 Å². The van der Waals surface area contributed by atoms with E-state index >= 15 is 0 Å². The van der Waals surface area contributed by atoms with E-state index in [4.69, 9.17) is 0 Å².